The van der Waals surface area contributed by atoms with Gasteiger partial charge in [-0.2, -0.15) is 0 Å². The van der Waals surface area contributed by atoms with Crippen LogP contribution < -0.4 is 4.74 Å². The van der Waals surface area contributed by atoms with Crippen LogP contribution in [-0.2, 0) is 0 Å². The fourth-order valence-corrected chi connectivity index (χ4v) is 2.51. The average molecular weight is 248 g/mol. The normalized spacial score (nSPS) is 22.6. The lowest BCUT2D eigenvalue weighted by atomic mass is 9.98. The van der Waals surface area contributed by atoms with Gasteiger partial charge in [0.25, 0.3) is 0 Å². The Bertz CT molecular complexity index is 612. The Hall–Kier alpha value is -1.51. The Kier molecular flexibility index (Phi) is 2.40. The van der Waals surface area contributed by atoms with Crippen molar-refractivity contribution in [2.24, 2.45) is 0 Å². The van der Waals surface area contributed by atoms with E-state index in [4.69, 9.17) is 9.15 Å². The van der Waals surface area contributed by atoms with Crippen LogP contribution >= 0.6 is 0 Å². The summed E-state index contributed by atoms with van der Waals surface area (Å²) in [4.78, 5) is 0. The zero-order valence-corrected chi connectivity index (χ0v) is 11.1. The number of furan rings is 1. The fraction of sp³-hybridized carbons (Fsp3) is 0.467. The van der Waals surface area contributed by atoms with E-state index in [1.54, 1.807) is 6.07 Å². The van der Waals surface area contributed by atoms with E-state index in [0.717, 1.165) is 11.3 Å². The van der Waals surface area contributed by atoms with Gasteiger partial charge >= 0.3 is 0 Å². The van der Waals surface area contributed by atoms with Crippen LogP contribution in [0.4, 0.5) is 4.39 Å². The lowest BCUT2D eigenvalue weighted by Crippen LogP contribution is -2.10. The zero-order chi connectivity index (χ0) is 13.0. The van der Waals surface area contributed by atoms with Gasteiger partial charge < -0.3 is 9.15 Å². The molecule has 96 valence electrons. The summed E-state index contributed by atoms with van der Waals surface area (Å²) in [6, 6.07) is 3.70. The number of benzene rings is 1. The largest absolute Gasteiger partial charge is 0.490 e. The van der Waals surface area contributed by atoms with Gasteiger partial charge in [0.1, 0.15) is 23.2 Å². The summed E-state index contributed by atoms with van der Waals surface area (Å²) in [5, 5.41) is 0.527. The summed E-state index contributed by atoms with van der Waals surface area (Å²) in [6.45, 7) is 8.00. The predicted molar refractivity (Wildman–Crippen MR) is 68.8 cm³/mol. The van der Waals surface area contributed by atoms with Crippen LogP contribution in [0.3, 0.4) is 0 Å². The summed E-state index contributed by atoms with van der Waals surface area (Å²) in [7, 11) is 0. The molecular formula is C15H17FO2. The van der Waals surface area contributed by atoms with E-state index in [2.05, 4.69) is 6.92 Å². The monoisotopic (exact) mass is 248 g/mol. The lowest BCUT2D eigenvalue weighted by molar-refractivity contribution is 0.232. The van der Waals surface area contributed by atoms with Crippen LogP contribution in [0, 0.1) is 5.82 Å². The van der Waals surface area contributed by atoms with E-state index >= 15 is 0 Å². The number of halogens is 1. The Morgan fingerprint density at radius 1 is 1.22 bits per heavy atom. The van der Waals surface area contributed by atoms with Crippen molar-refractivity contribution in [3.05, 3.63) is 29.3 Å². The molecule has 3 rings (SSSR count). The van der Waals surface area contributed by atoms with Crippen LogP contribution in [0.25, 0.3) is 11.0 Å². The molecule has 2 unspecified atom stereocenters. The highest BCUT2D eigenvalue weighted by atomic mass is 19.1. The lowest BCUT2D eigenvalue weighted by Gasteiger charge is -2.07. The minimum absolute atomic E-state index is 0.0458. The third kappa shape index (κ3) is 1.46. The van der Waals surface area contributed by atoms with Crippen LogP contribution in [0.2, 0.25) is 0 Å². The van der Waals surface area contributed by atoms with E-state index < -0.39 is 0 Å². The molecule has 2 heterocycles. The van der Waals surface area contributed by atoms with Crippen LogP contribution in [0.1, 0.15) is 50.9 Å². The maximum atomic E-state index is 14.2. The topological polar surface area (TPSA) is 22.4 Å². The molecule has 0 bridgehead atoms. The van der Waals surface area contributed by atoms with Crippen molar-refractivity contribution in [3.63, 3.8) is 0 Å². The molecule has 1 aliphatic rings. The molecule has 0 N–H and O–H groups in total. The molecule has 2 nitrogen and oxygen atoms in total. The van der Waals surface area contributed by atoms with E-state index in [-0.39, 0.29) is 17.8 Å². The van der Waals surface area contributed by atoms with E-state index in [9.17, 15) is 4.39 Å². The summed E-state index contributed by atoms with van der Waals surface area (Å²) in [5.41, 5.74) is 1.73. The van der Waals surface area contributed by atoms with Gasteiger partial charge in [-0.15, -0.1) is 0 Å². The molecular weight excluding hydrogens is 231 g/mol. The molecule has 0 amide bonds. The average Bonchev–Trinajstić information content (AvgIpc) is 2.78. The quantitative estimate of drug-likeness (QED) is 0.737. The first kappa shape index (κ1) is 11.6. The van der Waals surface area contributed by atoms with Gasteiger partial charge in [-0.05, 0) is 19.1 Å². The van der Waals surface area contributed by atoms with Crippen molar-refractivity contribution in [2.45, 2.75) is 45.6 Å². The maximum absolute atomic E-state index is 14.2. The third-order valence-electron chi connectivity index (χ3n) is 3.82. The first-order chi connectivity index (χ1) is 8.49. The second-order valence-electron chi connectivity index (χ2n) is 5.43. The molecule has 0 saturated heterocycles. The molecule has 1 aliphatic heterocycles. The van der Waals surface area contributed by atoms with Gasteiger partial charge in [-0.3, -0.25) is 0 Å². The predicted octanol–water partition coefficient (Wildman–Crippen LogP) is 4.58. The molecule has 0 saturated carbocycles. The zero-order valence-electron chi connectivity index (χ0n) is 11.1. The Labute approximate surface area is 106 Å². The van der Waals surface area contributed by atoms with E-state index in [1.165, 1.54) is 0 Å². The maximum Gasteiger partial charge on any atom is 0.172 e. The third-order valence-corrected chi connectivity index (χ3v) is 3.82. The highest BCUT2D eigenvalue weighted by Crippen LogP contribution is 2.42. The summed E-state index contributed by atoms with van der Waals surface area (Å²) in [6.07, 6.45) is 0.138. The molecule has 1 aromatic heterocycles. The minimum atomic E-state index is -0.251. The van der Waals surface area contributed by atoms with Gasteiger partial charge in [0.15, 0.2) is 5.82 Å². The fourth-order valence-electron chi connectivity index (χ4n) is 2.51. The van der Waals surface area contributed by atoms with Gasteiger partial charge in [-0.1, -0.05) is 20.8 Å². The minimum Gasteiger partial charge on any atom is -0.490 e. The van der Waals surface area contributed by atoms with Crippen molar-refractivity contribution >= 4 is 11.0 Å². The van der Waals surface area contributed by atoms with Gasteiger partial charge in [0.05, 0.1) is 5.39 Å². The van der Waals surface area contributed by atoms with Crippen LogP contribution in [-0.4, -0.2) is 6.10 Å². The van der Waals surface area contributed by atoms with Crippen LogP contribution in [0.15, 0.2) is 16.5 Å². The number of hydrogen-bond donors (Lipinski definition) is 0. The van der Waals surface area contributed by atoms with Crippen molar-refractivity contribution in [1.82, 2.24) is 0 Å². The van der Waals surface area contributed by atoms with Gasteiger partial charge in [-0.25, -0.2) is 4.39 Å². The number of fused-ring (bicyclic) bond motifs is 2. The van der Waals surface area contributed by atoms with Crippen molar-refractivity contribution in [1.29, 1.82) is 0 Å². The summed E-state index contributed by atoms with van der Waals surface area (Å²) < 4.78 is 25.6. The number of rotatable bonds is 1. The molecule has 0 fully saturated rings. The molecule has 0 radical (unpaired) electrons. The van der Waals surface area contributed by atoms with Crippen molar-refractivity contribution in [2.75, 3.05) is 0 Å². The van der Waals surface area contributed by atoms with E-state index in [0.29, 0.717) is 22.6 Å². The first-order valence-electron chi connectivity index (χ1n) is 6.41. The smallest absolute Gasteiger partial charge is 0.172 e. The molecule has 2 atom stereocenters. The highest BCUT2D eigenvalue weighted by Gasteiger charge is 2.29. The Morgan fingerprint density at radius 3 is 2.61 bits per heavy atom. The molecule has 2 aromatic rings. The Morgan fingerprint density at radius 2 is 1.94 bits per heavy atom. The molecule has 0 aliphatic carbocycles. The molecule has 18 heavy (non-hydrogen) atoms. The van der Waals surface area contributed by atoms with Gasteiger partial charge in [0.2, 0.25) is 0 Å². The molecule has 1 aromatic carbocycles. The summed E-state index contributed by atoms with van der Waals surface area (Å²) >= 11 is 0. The van der Waals surface area contributed by atoms with Crippen molar-refractivity contribution < 1.29 is 13.5 Å². The molecule has 0 spiro atoms. The highest BCUT2D eigenvalue weighted by molar-refractivity contribution is 5.82. The van der Waals surface area contributed by atoms with Crippen molar-refractivity contribution in [3.8, 4) is 5.75 Å². The standard InChI is InChI=1S/C15H17FO2/c1-7(2)15-14(16)11-6-12-10(5-13(11)18-15)8(3)9(4)17-12/h5-9H,1-4H3. The number of hydrogen-bond acceptors (Lipinski definition) is 2. The SMILES string of the molecule is CC(C)c1oc2cc3c(cc2c1F)OC(C)C3C. The summed E-state index contributed by atoms with van der Waals surface area (Å²) in [5.74, 6) is 1.33. The second kappa shape index (κ2) is 3.74. The first-order valence-corrected chi connectivity index (χ1v) is 6.41. The molecule has 3 heteroatoms. The van der Waals surface area contributed by atoms with Gasteiger partial charge in [0, 0.05) is 17.4 Å². The van der Waals surface area contributed by atoms with Crippen LogP contribution in [0.5, 0.6) is 5.75 Å². The number of ether oxygens (including phenoxy) is 1. The second-order valence-corrected chi connectivity index (χ2v) is 5.43. The Balaban J connectivity index is 2.23. The van der Waals surface area contributed by atoms with E-state index in [1.807, 2.05) is 26.8 Å².